The highest BCUT2D eigenvalue weighted by Gasteiger charge is 2.05. The molecule has 0 amide bonds. The van der Waals surface area contributed by atoms with Gasteiger partial charge in [-0.15, -0.1) is 0 Å². The number of benzene rings is 1. The Morgan fingerprint density at radius 2 is 2.33 bits per heavy atom. The second-order valence-electron chi connectivity index (χ2n) is 3.25. The summed E-state index contributed by atoms with van der Waals surface area (Å²) < 4.78 is 18.4. The van der Waals surface area contributed by atoms with Crippen LogP contribution in [0.4, 0.5) is 10.1 Å². The molecule has 0 saturated carbocycles. The number of halogens is 1. The maximum Gasteiger partial charge on any atom is 0.180 e. The van der Waals surface area contributed by atoms with Gasteiger partial charge in [-0.2, -0.15) is 0 Å². The third-order valence-corrected chi connectivity index (χ3v) is 2.14. The van der Waals surface area contributed by atoms with Crippen LogP contribution in [0.1, 0.15) is 11.3 Å². The summed E-state index contributed by atoms with van der Waals surface area (Å²) in [5.41, 5.74) is 1.38. The van der Waals surface area contributed by atoms with E-state index in [9.17, 15) is 4.39 Å². The van der Waals surface area contributed by atoms with Gasteiger partial charge in [-0.05, 0) is 18.6 Å². The third kappa shape index (κ3) is 2.15. The van der Waals surface area contributed by atoms with Crippen molar-refractivity contribution in [2.45, 2.75) is 13.5 Å². The van der Waals surface area contributed by atoms with Crippen LogP contribution < -0.4 is 5.32 Å². The fourth-order valence-corrected chi connectivity index (χ4v) is 1.36. The summed E-state index contributed by atoms with van der Waals surface area (Å²) >= 11 is 0. The Kier molecular flexibility index (Phi) is 2.67. The van der Waals surface area contributed by atoms with Gasteiger partial charge in [0.25, 0.3) is 0 Å². The lowest BCUT2D eigenvalue weighted by Crippen LogP contribution is -2.02. The Balaban J connectivity index is 2.11. The molecule has 15 heavy (non-hydrogen) atoms. The van der Waals surface area contributed by atoms with E-state index < -0.39 is 0 Å². The Morgan fingerprint density at radius 1 is 1.47 bits per heavy atom. The van der Waals surface area contributed by atoms with E-state index in [0.717, 1.165) is 5.56 Å². The number of anilines is 1. The van der Waals surface area contributed by atoms with E-state index >= 15 is 0 Å². The fraction of sp³-hybridized carbons (Fsp3) is 0.182. The number of aromatic nitrogens is 1. The summed E-state index contributed by atoms with van der Waals surface area (Å²) in [5, 5.41) is 2.97. The van der Waals surface area contributed by atoms with Gasteiger partial charge in [0.05, 0.1) is 18.4 Å². The highest BCUT2D eigenvalue weighted by molar-refractivity contribution is 5.51. The topological polar surface area (TPSA) is 38.1 Å². The van der Waals surface area contributed by atoms with Gasteiger partial charge in [0.15, 0.2) is 6.39 Å². The summed E-state index contributed by atoms with van der Waals surface area (Å²) in [6.45, 7) is 2.29. The van der Waals surface area contributed by atoms with Crippen LogP contribution in [0.5, 0.6) is 0 Å². The van der Waals surface area contributed by atoms with Gasteiger partial charge < -0.3 is 9.73 Å². The number of aryl methyl sites for hydroxylation is 1. The van der Waals surface area contributed by atoms with Gasteiger partial charge in [-0.25, -0.2) is 9.37 Å². The van der Waals surface area contributed by atoms with E-state index in [0.29, 0.717) is 18.0 Å². The fourth-order valence-electron chi connectivity index (χ4n) is 1.36. The molecule has 0 aliphatic rings. The first-order valence-electron chi connectivity index (χ1n) is 4.64. The Labute approximate surface area is 86.9 Å². The Morgan fingerprint density at radius 3 is 3.00 bits per heavy atom. The zero-order valence-electron chi connectivity index (χ0n) is 8.33. The number of hydrogen-bond donors (Lipinski definition) is 1. The molecule has 0 bridgehead atoms. The SMILES string of the molecule is Cc1cccc(F)c1NCc1cnco1. The zero-order chi connectivity index (χ0) is 10.7. The van der Waals surface area contributed by atoms with Gasteiger partial charge in [-0.3, -0.25) is 0 Å². The maximum atomic E-state index is 13.4. The number of nitrogens with one attached hydrogen (secondary N) is 1. The molecular formula is C11H11FN2O. The molecule has 4 heteroatoms. The predicted octanol–water partition coefficient (Wildman–Crippen LogP) is 2.73. The molecule has 1 aromatic carbocycles. The van der Waals surface area contributed by atoms with Crippen LogP contribution >= 0.6 is 0 Å². The van der Waals surface area contributed by atoms with E-state index in [2.05, 4.69) is 10.3 Å². The third-order valence-electron chi connectivity index (χ3n) is 2.14. The molecule has 2 rings (SSSR count). The Hall–Kier alpha value is -1.84. The van der Waals surface area contributed by atoms with Crippen LogP contribution in [0, 0.1) is 12.7 Å². The largest absolute Gasteiger partial charge is 0.447 e. The molecule has 3 nitrogen and oxygen atoms in total. The van der Waals surface area contributed by atoms with Crippen molar-refractivity contribution < 1.29 is 8.81 Å². The van der Waals surface area contributed by atoms with Gasteiger partial charge >= 0.3 is 0 Å². The minimum atomic E-state index is -0.255. The normalized spacial score (nSPS) is 10.3. The lowest BCUT2D eigenvalue weighted by molar-refractivity contribution is 0.511. The number of rotatable bonds is 3. The molecule has 0 atom stereocenters. The maximum absolute atomic E-state index is 13.4. The van der Waals surface area contributed by atoms with Crippen molar-refractivity contribution in [1.29, 1.82) is 0 Å². The summed E-state index contributed by atoms with van der Waals surface area (Å²) in [5.74, 6) is 0.423. The number of nitrogens with zero attached hydrogens (tertiary/aromatic N) is 1. The molecule has 0 fully saturated rings. The van der Waals surface area contributed by atoms with Crippen molar-refractivity contribution in [1.82, 2.24) is 4.98 Å². The summed E-state index contributed by atoms with van der Waals surface area (Å²) in [7, 11) is 0. The first kappa shape index (κ1) is 9.71. The molecule has 0 aliphatic heterocycles. The standard InChI is InChI=1S/C11H11FN2O/c1-8-3-2-4-10(12)11(8)14-6-9-5-13-7-15-9/h2-5,7,14H,6H2,1H3. The van der Waals surface area contributed by atoms with E-state index in [4.69, 9.17) is 4.42 Å². The van der Waals surface area contributed by atoms with Gasteiger partial charge in [-0.1, -0.05) is 12.1 Å². The van der Waals surface area contributed by atoms with Gasteiger partial charge in [0, 0.05) is 0 Å². The molecule has 1 heterocycles. The number of oxazole rings is 1. The van der Waals surface area contributed by atoms with Crippen LogP contribution in [0.3, 0.4) is 0 Å². The number of hydrogen-bond acceptors (Lipinski definition) is 3. The highest BCUT2D eigenvalue weighted by Crippen LogP contribution is 2.19. The summed E-state index contributed by atoms with van der Waals surface area (Å²) in [6.07, 6.45) is 2.95. The highest BCUT2D eigenvalue weighted by atomic mass is 19.1. The van der Waals surface area contributed by atoms with E-state index in [1.54, 1.807) is 12.3 Å². The van der Waals surface area contributed by atoms with Gasteiger partial charge in [0.1, 0.15) is 11.6 Å². The van der Waals surface area contributed by atoms with Crippen molar-refractivity contribution >= 4 is 5.69 Å². The van der Waals surface area contributed by atoms with E-state index in [-0.39, 0.29) is 5.82 Å². The van der Waals surface area contributed by atoms with E-state index in [1.165, 1.54) is 12.5 Å². The first-order chi connectivity index (χ1) is 7.27. The molecule has 0 unspecified atom stereocenters. The second kappa shape index (κ2) is 4.13. The lowest BCUT2D eigenvalue weighted by atomic mass is 10.2. The van der Waals surface area contributed by atoms with Crippen LogP contribution in [0.25, 0.3) is 0 Å². The molecule has 0 spiro atoms. The van der Waals surface area contributed by atoms with Crippen LogP contribution in [-0.2, 0) is 6.54 Å². The molecule has 0 radical (unpaired) electrons. The van der Waals surface area contributed by atoms with Crippen molar-refractivity contribution in [3.63, 3.8) is 0 Å². The first-order valence-corrected chi connectivity index (χ1v) is 4.64. The minimum Gasteiger partial charge on any atom is -0.447 e. The molecule has 2 aromatic rings. The Bertz CT molecular complexity index is 420. The van der Waals surface area contributed by atoms with Crippen molar-refractivity contribution in [2.75, 3.05) is 5.32 Å². The molecule has 0 saturated heterocycles. The number of para-hydroxylation sites is 1. The van der Waals surface area contributed by atoms with E-state index in [1.807, 2.05) is 13.0 Å². The summed E-state index contributed by atoms with van der Waals surface area (Å²) in [6, 6.07) is 4.96. The zero-order valence-corrected chi connectivity index (χ0v) is 8.33. The molecular weight excluding hydrogens is 195 g/mol. The van der Waals surface area contributed by atoms with Crippen molar-refractivity contribution in [3.05, 3.63) is 47.9 Å². The van der Waals surface area contributed by atoms with Crippen molar-refractivity contribution in [2.24, 2.45) is 0 Å². The molecule has 78 valence electrons. The molecule has 0 aliphatic carbocycles. The molecule has 1 N–H and O–H groups in total. The average Bonchev–Trinajstić information content (AvgIpc) is 2.70. The van der Waals surface area contributed by atoms with Crippen molar-refractivity contribution in [3.8, 4) is 0 Å². The molecule has 1 aromatic heterocycles. The smallest absolute Gasteiger partial charge is 0.180 e. The average molecular weight is 206 g/mol. The predicted molar refractivity (Wildman–Crippen MR) is 55.0 cm³/mol. The quantitative estimate of drug-likeness (QED) is 0.839. The van der Waals surface area contributed by atoms with Gasteiger partial charge in [0.2, 0.25) is 0 Å². The van der Waals surface area contributed by atoms with Crippen LogP contribution in [0.15, 0.2) is 35.2 Å². The van der Waals surface area contributed by atoms with Crippen LogP contribution in [0.2, 0.25) is 0 Å². The minimum absolute atomic E-state index is 0.255. The lowest BCUT2D eigenvalue weighted by Gasteiger charge is -2.08. The monoisotopic (exact) mass is 206 g/mol. The second-order valence-corrected chi connectivity index (χ2v) is 3.25. The summed E-state index contributed by atoms with van der Waals surface area (Å²) in [4.78, 5) is 3.78. The van der Waals surface area contributed by atoms with Crippen LogP contribution in [-0.4, -0.2) is 4.98 Å².